The Bertz CT molecular complexity index is 641. The van der Waals surface area contributed by atoms with Gasteiger partial charge in [0.05, 0.1) is 31.0 Å². The van der Waals surface area contributed by atoms with Crippen LogP contribution in [0, 0.1) is 12.8 Å². The van der Waals surface area contributed by atoms with Crippen LogP contribution in [0.1, 0.15) is 17.1 Å². The molecule has 1 amide bonds. The largest absolute Gasteiger partial charge is 0.375 e. The molecule has 2 aromatic heterocycles. The van der Waals surface area contributed by atoms with Gasteiger partial charge < -0.3 is 10.1 Å². The van der Waals surface area contributed by atoms with Crippen LogP contribution in [0.3, 0.4) is 0 Å². The van der Waals surface area contributed by atoms with Crippen LogP contribution in [0.25, 0.3) is 0 Å². The van der Waals surface area contributed by atoms with Crippen molar-refractivity contribution >= 4 is 5.91 Å². The van der Waals surface area contributed by atoms with Gasteiger partial charge in [0.1, 0.15) is 0 Å². The number of aromatic nitrogens is 4. The minimum atomic E-state index is -0.0297. The van der Waals surface area contributed by atoms with Gasteiger partial charge in [-0.25, -0.2) is 4.68 Å². The molecule has 0 fully saturated rings. The minimum Gasteiger partial charge on any atom is -0.375 e. The molecule has 7 nitrogen and oxygen atoms in total. The molecule has 22 heavy (non-hydrogen) atoms. The molecule has 116 valence electrons. The molecule has 1 atom stereocenters. The summed E-state index contributed by atoms with van der Waals surface area (Å²) in [4.78, 5) is 16.1. The first-order valence-corrected chi connectivity index (χ1v) is 7.35. The molecule has 0 aromatic carbocycles. The number of amides is 1. The van der Waals surface area contributed by atoms with Crippen molar-refractivity contribution < 1.29 is 9.53 Å². The second-order valence-corrected chi connectivity index (χ2v) is 5.49. The number of hydrogen-bond acceptors (Lipinski definition) is 5. The zero-order valence-corrected chi connectivity index (χ0v) is 12.5. The molecule has 7 heteroatoms. The summed E-state index contributed by atoms with van der Waals surface area (Å²) in [6.45, 7) is 4.32. The fourth-order valence-electron chi connectivity index (χ4n) is 2.48. The lowest BCUT2D eigenvalue weighted by Gasteiger charge is -2.14. The molecule has 1 aliphatic rings. The van der Waals surface area contributed by atoms with Gasteiger partial charge in [-0.1, -0.05) is 11.3 Å². The summed E-state index contributed by atoms with van der Waals surface area (Å²) in [6, 6.07) is 5.56. The van der Waals surface area contributed by atoms with Crippen molar-refractivity contribution in [1.29, 1.82) is 0 Å². The predicted octanol–water partition coefficient (Wildman–Crippen LogP) is 0.487. The minimum absolute atomic E-state index is 0.0297. The van der Waals surface area contributed by atoms with E-state index in [1.54, 1.807) is 6.20 Å². The van der Waals surface area contributed by atoms with E-state index in [1.165, 1.54) is 0 Å². The molecular weight excluding hydrogens is 282 g/mol. The molecule has 0 bridgehead atoms. The molecule has 1 N–H and O–H groups in total. The van der Waals surface area contributed by atoms with Gasteiger partial charge in [-0.15, -0.1) is 5.10 Å². The Morgan fingerprint density at radius 1 is 1.50 bits per heavy atom. The van der Waals surface area contributed by atoms with Crippen LogP contribution >= 0.6 is 0 Å². The van der Waals surface area contributed by atoms with E-state index >= 15 is 0 Å². The van der Waals surface area contributed by atoms with Crippen molar-refractivity contribution in [1.82, 2.24) is 25.3 Å². The average molecular weight is 301 g/mol. The van der Waals surface area contributed by atoms with Crippen molar-refractivity contribution in [3.05, 3.63) is 41.5 Å². The monoisotopic (exact) mass is 301 g/mol. The number of pyridine rings is 1. The van der Waals surface area contributed by atoms with E-state index in [9.17, 15) is 4.79 Å². The summed E-state index contributed by atoms with van der Waals surface area (Å²) in [5.41, 5.74) is 2.69. The van der Waals surface area contributed by atoms with Gasteiger partial charge in [0.2, 0.25) is 5.91 Å². The van der Waals surface area contributed by atoms with E-state index < -0.39 is 0 Å². The lowest BCUT2D eigenvalue weighted by molar-refractivity contribution is -0.120. The number of carbonyl (C=O) groups is 1. The van der Waals surface area contributed by atoms with Crippen LogP contribution in [0.5, 0.6) is 0 Å². The summed E-state index contributed by atoms with van der Waals surface area (Å²) < 4.78 is 7.53. The van der Waals surface area contributed by atoms with E-state index in [4.69, 9.17) is 4.74 Å². The zero-order valence-electron chi connectivity index (χ0n) is 12.5. The molecule has 1 unspecified atom stereocenters. The first-order chi connectivity index (χ1) is 10.7. The number of rotatable bonds is 4. The van der Waals surface area contributed by atoms with E-state index in [1.807, 2.05) is 29.8 Å². The van der Waals surface area contributed by atoms with Gasteiger partial charge in [0.15, 0.2) is 0 Å². The van der Waals surface area contributed by atoms with Crippen molar-refractivity contribution in [2.45, 2.75) is 26.5 Å². The highest BCUT2D eigenvalue weighted by Gasteiger charge is 2.20. The smallest absolute Gasteiger partial charge is 0.226 e. The molecule has 0 aliphatic carbocycles. The summed E-state index contributed by atoms with van der Waals surface area (Å²) in [5.74, 6) is 0.160. The predicted molar refractivity (Wildman–Crippen MR) is 78.9 cm³/mol. The Morgan fingerprint density at radius 2 is 2.41 bits per heavy atom. The molecule has 0 saturated carbocycles. The highest BCUT2D eigenvalue weighted by molar-refractivity contribution is 5.78. The summed E-state index contributed by atoms with van der Waals surface area (Å²) in [6.07, 6.45) is 1.98. The van der Waals surface area contributed by atoms with Crippen molar-refractivity contribution in [2.75, 3.05) is 13.2 Å². The van der Waals surface area contributed by atoms with Crippen molar-refractivity contribution in [3.8, 4) is 0 Å². The summed E-state index contributed by atoms with van der Waals surface area (Å²) in [7, 11) is 0. The van der Waals surface area contributed by atoms with E-state index in [0.29, 0.717) is 32.7 Å². The van der Waals surface area contributed by atoms with Crippen molar-refractivity contribution in [3.63, 3.8) is 0 Å². The topological polar surface area (TPSA) is 81.9 Å². The Hall–Kier alpha value is -2.28. The first-order valence-electron chi connectivity index (χ1n) is 7.35. The molecule has 0 spiro atoms. The Kier molecular flexibility index (Phi) is 4.43. The standard InChI is InChI=1S/C15H19N5O2/c1-11-14-10-22-9-12(8-20(14)19-18-11)7-17-15(21)6-13-4-2-3-5-16-13/h2-5,12H,6-10H2,1H3,(H,17,21). The average Bonchev–Trinajstić information content (AvgIpc) is 2.74. The molecule has 1 aliphatic heterocycles. The number of nitrogens with one attached hydrogen (secondary N) is 1. The molecule has 0 radical (unpaired) electrons. The number of hydrogen-bond donors (Lipinski definition) is 1. The number of aryl methyl sites for hydroxylation is 1. The van der Waals surface area contributed by atoms with Crippen LogP contribution in [0.15, 0.2) is 24.4 Å². The lowest BCUT2D eigenvalue weighted by atomic mass is 10.1. The number of ether oxygens (including phenoxy) is 1. The molecule has 2 aromatic rings. The summed E-state index contributed by atoms with van der Waals surface area (Å²) >= 11 is 0. The van der Waals surface area contributed by atoms with E-state index in [2.05, 4.69) is 20.6 Å². The second-order valence-electron chi connectivity index (χ2n) is 5.49. The van der Waals surface area contributed by atoms with Gasteiger partial charge in [0.25, 0.3) is 0 Å². The highest BCUT2D eigenvalue weighted by Crippen LogP contribution is 2.14. The van der Waals surface area contributed by atoms with Gasteiger partial charge in [-0.2, -0.15) is 0 Å². The highest BCUT2D eigenvalue weighted by atomic mass is 16.5. The lowest BCUT2D eigenvalue weighted by Crippen LogP contribution is -2.34. The normalized spacial score (nSPS) is 17.6. The van der Waals surface area contributed by atoms with E-state index in [-0.39, 0.29) is 11.8 Å². The quantitative estimate of drug-likeness (QED) is 0.888. The third-order valence-electron chi connectivity index (χ3n) is 3.71. The molecule has 3 heterocycles. The third-order valence-corrected chi connectivity index (χ3v) is 3.71. The Labute approximate surface area is 128 Å². The SMILES string of the molecule is Cc1nnn2c1COCC(CNC(=O)Cc1ccccn1)C2. The number of carbonyl (C=O) groups excluding carboxylic acids is 1. The fourth-order valence-corrected chi connectivity index (χ4v) is 2.48. The maximum Gasteiger partial charge on any atom is 0.226 e. The Morgan fingerprint density at radius 3 is 3.23 bits per heavy atom. The molecule has 0 saturated heterocycles. The maximum atomic E-state index is 12.0. The van der Waals surface area contributed by atoms with Crippen LogP contribution in [0.4, 0.5) is 0 Å². The second kappa shape index (κ2) is 6.65. The maximum absolute atomic E-state index is 12.0. The van der Waals surface area contributed by atoms with E-state index in [0.717, 1.165) is 17.1 Å². The third kappa shape index (κ3) is 3.48. The van der Waals surface area contributed by atoms with Crippen LogP contribution in [-0.4, -0.2) is 39.0 Å². The fraction of sp³-hybridized carbons (Fsp3) is 0.467. The Balaban J connectivity index is 1.52. The van der Waals surface area contributed by atoms with Crippen LogP contribution in [0.2, 0.25) is 0 Å². The number of fused-ring (bicyclic) bond motifs is 1. The number of nitrogens with zero attached hydrogens (tertiary/aromatic N) is 4. The molecular formula is C15H19N5O2. The zero-order chi connectivity index (χ0) is 15.4. The van der Waals surface area contributed by atoms with Gasteiger partial charge in [-0.05, 0) is 19.1 Å². The van der Waals surface area contributed by atoms with Crippen LogP contribution < -0.4 is 5.32 Å². The molecule has 3 rings (SSSR count). The van der Waals surface area contributed by atoms with Crippen LogP contribution in [-0.2, 0) is 29.1 Å². The van der Waals surface area contributed by atoms with Gasteiger partial charge in [0, 0.05) is 30.9 Å². The first kappa shape index (κ1) is 14.6. The van der Waals surface area contributed by atoms with Crippen molar-refractivity contribution in [2.24, 2.45) is 5.92 Å². The van der Waals surface area contributed by atoms with Gasteiger partial charge in [-0.3, -0.25) is 9.78 Å². The summed E-state index contributed by atoms with van der Waals surface area (Å²) in [5, 5.41) is 11.1. The van der Waals surface area contributed by atoms with Gasteiger partial charge >= 0.3 is 0 Å².